The van der Waals surface area contributed by atoms with Crippen molar-refractivity contribution in [2.45, 2.75) is 97.7 Å². The zero-order valence-corrected chi connectivity index (χ0v) is 15.0. The van der Waals surface area contributed by atoms with Crippen molar-refractivity contribution in [2.75, 3.05) is 6.61 Å². The van der Waals surface area contributed by atoms with E-state index in [1.54, 1.807) is 6.92 Å². The zero-order chi connectivity index (χ0) is 16.6. The quantitative estimate of drug-likeness (QED) is 0.166. The number of ether oxygens (including phenoxy) is 2. The molecule has 0 bridgehead atoms. The van der Waals surface area contributed by atoms with Crippen LogP contribution in [-0.2, 0) is 14.3 Å². The Balaban J connectivity index is 3.40. The van der Waals surface area contributed by atoms with Gasteiger partial charge in [0.1, 0.15) is 0 Å². The van der Waals surface area contributed by atoms with Gasteiger partial charge in [0.05, 0.1) is 6.61 Å². The first-order chi connectivity index (χ1) is 10.6. The van der Waals surface area contributed by atoms with Gasteiger partial charge in [-0.3, -0.25) is 0 Å². The molecule has 0 aromatic rings. The summed E-state index contributed by atoms with van der Waals surface area (Å²) in [5.74, 6) is -0.366. The van der Waals surface area contributed by atoms with Crippen molar-refractivity contribution in [3.8, 4) is 0 Å². The van der Waals surface area contributed by atoms with Gasteiger partial charge in [0.2, 0.25) is 6.29 Å². The molecule has 130 valence electrons. The van der Waals surface area contributed by atoms with Crippen molar-refractivity contribution in [3.05, 3.63) is 12.2 Å². The van der Waals surface area contributed by atoms with E-state index in [1.807, 2.05) is 6.92 Å². The summed E-state index contributed by atoms with van der Waals surface area (Å²) in [6, 6.07) is 0. The Morgan fingerprint density at radius 1 is 0.909 bits per heavy atom. The van der Waals surface area contributed by atoms with Gasteiger partial charge in [-0.1, -0.05) is 78.2 Å². The Hall–Kier alpha value is -0.830. The second kappa shape index (κ2) is 15.1. The molecule has 3 heteroatoms. The van der Waals surface area contributed by atoms with Crippen LogP contribution >= 0.6 is 0 Å². The molecule has 22 heavy (non-hydrogen) atoms. The maximum absolute atomic E-state index is 11.4. The lowest BCUT2D eigenvalue weighted by Gasteiger charge is -2.16. The van der Waals surface area contributed by atoms with E-state index in [2.05, 4.69) is 13.5 Å². The molecule has 1 atom stereocenters. The summed E-state index contributed by atoms with van der Waals surface area (Å²) < 4.78 is 10.8. The molecule has 0 amide bonds. The van der Waals surface area contributed by atoms with Crippen LogP contribution in [0.3, 0.4) is 0 Å². The molecule has 0 heterocycles. The number of carbonyl (C=O) groups is 1. The summed E-state index contributed by atoms with van der Waals surface area (Å²) in [6.45, 7) is 10.1. The Morgan fingerprint density at radius 3 is 1.86 bits per heavy atom. The van der Waals surface area contributed by atoms with Gasteiger partial charge in [-0.25, -0.2) is 4.79 Å². The van der Waals surface area contributed by atoms with Crippen molar-refractivity contribution in [1.82, 2.24) is 0 Å². The van der Waals surface area contributed by atoms with Crippen molar-refractivity contribution >= 4 is 5.97 Å². The van der Waals surface area contributed by atoms with E-state index in [9.17, 15) is 4.79 Å². The van der Waals surface area contributed by atoms with Crippen LogP contribution < -0.4 is 0 Å². The molecule has 0 saturated carbocycles. The largest absolute Gasteiger partial charge is 0.432 e. The molecule has 3 nitrogen and oxygen atoms in total. The number of hydrogen-bond donors (Lipinski definition) is 0. The fourth-order valence-electron chi connectivity index (χ4n) is 2.26. The molecule has 0 N–H and O–H groups in total. The Morgan fingerprint density at radius 2 is 1.41 bits per heavy atom. The third-order valence-electron chi connectivity index (χ3n) is 3.72. The lowest BCUT2D eigenvalue weighted by Crippen LogP contribution is -2.21. The standard InChI is InChI=1S/C19H36O3/c1-5-7-8-9-10-11-12-13-14-15-16-21-18(6-2)22-19(20)17(3)4/h18H,3,5-16H2,1-2,4H3. The molecule has 0 rings (SSSR count). The van der Waals surface area contributed by atoms with E-state index < -0.39 is 6.29 Å². The smallest absolute Gasteiger partial charge is 0.335 e. The van der Waals surface area contributed by atoms with Crippen LogP contribution in [0.5, 0.6) is 0 Å². The average Bonchev–Trinajstić information content (AvgIpc) is 2.51. The molecule has 0 fully saturated rings. The summed E-state index contributed by atoms with van der Waals surface area (Å²) in [4.78, 5) is 11.4. The highest BCUT2D eigenvalue weighted by atomic mass is 16.7. The maximum Gasteiger partial charge on any atom is 0.335 e. The summed E-state index contributed by atoms with van der Waals surface area (Å²) in [5, 5.41) is 0. The van der Waals surface area contributed by atoms with Crippen LogP contribution in [0.15, 0.2) is 12.2 Å². The van der Waals surface area contributed by atoms with Crippen molar-refractivity contribution in [2.24, 2.45) is 0 Å². The Bertz CT molecular complexity index is 286. The van der Waals surface area contributed by atoms with Gasteiger partial charge in [-0.2, -0.15) is 0 Å². The third kappa shape index (κ3) is 12.9. The lowest BCUT2D eigenvalue weighted by atomic mass is 10.1. The molecular formula is C19H36O3. The SMILES string of the molecule is C=C(C)C(=O)OC(CC)OCCCCCCCCCCCC. The molecule has 0 aromatic carbocycles. The normalized spacial score (nSPS) is 12.1. The number of rotatable bonds is 15. The molecule has 0 aliphatic rings. The zero-order valence-electron chi connectivity index (χ0n) is 15.0. The summed E-state index contributed by atoms with van der Waals surface area (Å²) in [7, 11) is 0. The first-order valence-corrected chi connectivity index (χ1v) is 9.09. The van der Waals surface area contributed by atoms with Gasteiger partial charge in [0.25, 0.3) is 0 Å². The van der Waals surface area contributed by atoms with E-state index in [0.29, 0.717) is 18.6 Å². The minimum absolute atomic E-state index is 0.366. The topological polar surface area (TPSA) is 35.5 Å². The minimum atomic E-state index is -0.428. The fraction of sp³-hybridized carbons (Fsp3) is 0.842. The molecule has 0 aliphatic heterocycles. The number of hydrogen-bond acceptors (Lipinski definition) is 3. The summed E-state index contributed by atoms with van der Waals surface area (Å²) >= 11 is 0. The predicted molar refractivity (Wildman–Crippen MR) is 92.8 cm³/mol. The first-order valence-electron chi connectivity index (χ1n) is 9.09. The number of esters is 1. The van der Waals surface area contributed by atoms with E-state index in [1.165, 1.54) is 57.8 Å². The van der Waals surface area contributed by atoms with Gasteiger partial charge < -0.3 is 9.47 Å². The second-order valence-electron chi connectivity index (χ2n) is 6.08. The van der Waals surface area contributed by atoms with Crippen LogP contribution in [-0.4, -0.2) is 18.9 Å². The van der Waals surface area contributed by atoms with E-state index in [-0.39, 0.29) is 5.97 Å². The predicted octanol–water partition coefficient (Wildman–Crippen LogP) is 5.78. The van der Waals surface area contributed by atoms with E-state index in [0.717, 1.165) is 6.42 Å². The first kappa shape index (κ1) is 21.2. The lowest BCUT2D eigenvalue weighted by molar-refractivity contribution is -0.174. The number of carbonyl (C=O) groups excluding carboxylic acids is 1. The monoisotopic (exact) mass is 312 g/mol. The minimum Gasteiger partial charge on any atom is -0.432 e. The Labute approximate surface area is 137 Å². The van der Waals surface area contributed by atoms with Crippen molar-refractivity contribution in [3.63, 3.8) is 0 Å². The third-order valence-corrected chi connectivity index (χ3v) is 3.72. The molecule has 1 unspecified atom stereocenters. The van der Waals surface area contributed by atoms with Crippen LogP contribution in [0, 0.1) is 0 Å². The highest BCUT2D eigenvalue weighted by Crippen LogP contribution is 2.11. The van der Waals surface area contributed by atoms with Crippen LogP contribution in [0.2, 0.25) is 0 Å². The molecule has 0 aromatic heterocycles. The van der Waals surface area contributed by atoms with Crippen LogP contribution in [0.4, 0.5) is 0 Å². The van der Waals surface area contributed by atoms with Crippen LogP contribution in [0.25, 0.3) is 0 Å². The molecule has 0 aliphatic carbocycles. The second-order valence-corrected chi connectivity index (χ2v) is 6.08. The van der Waals surface area contributed by atoms with Gasteiger partial charge in [-0.05, 0) is 13.3 Å². The van der Waals surface area contributed by atoms with Crippen molar-refractivity contribution in [1.29, 1.82) is 0 Å². The van der Waals surface area contributed by atoms with Gasteiger partial charge in [0, 0.05) is 12.0 Å². The van der Waals surface area contributed by atoms with Gasteiger partial charge in [0.15, 0.2) is 0 Å². The van der Waals surface area contributed by atoms with E-state index >= 15 is 0 Å². The average molecular weight is 312 g/mol. The highest BCUT2D eigenvalue weighted by Gasteiger charge is 2.12. The summed E-state index contributed by atoms with van der Waals surface area (Å²) in [6.07, 6.45) is 13.3. The fourth-order valence-corrected chi connectivity index (χ4v) is 2.26. The molecular weight excluding hydrogens is 276 g/mol. The molecule has 0 radical (unpaired) electrons. The highest BCUT2D eigenvalue weighted by molar-refractivity contribution is 5.86. The maximum atomic E-state index is 11.4. The van der Waals surface area contributed by atoms with Crippen LogP contribution in [0.1, 0.15) is 91.4 Å². The molecule has 0 saturated heterocycles. The molecule has 0 spiro atoms. The Kier molecular flexibility index (Phi) is 14.5. The van der Waals surface area contributed by atoms with Gasteiger partial charge in [-0.15, -0.1) is 0 Å². The number of unbranched alkanes of at least 4 members (excludes halogenated alkanes) is 9. The van der Waals surface area contributed by atoms with Gasteiger partial charge >= 0.3 is 5.97 Å². The van der Waals surface area contributed by atoms with Crippen molar-refractivity contribution < 1.29 is 14.3 Å². The summed E-state index contributed by atoms with van der Waals surface area (Å²) in [5.41, 5.74) is 0.418. The van der Waals surface area contributed by atoms with E-state index in [4.69, 9.17) is 9.47 Å².